The minimum absolute atomic E-state index is 0.100. The number of nitrogens with one attached hydrogen (secondary N) is 1. The third kappa shape index (κ3) is 7.49. The molecule has 1 aliphatic heterocycles. The summed E-state index contributed by atoms with van der Waals surface area (Å²) in [6.45, 7) is 4.86. The van der Waals surface area contributed by atoms with E-state index in [9.17, 15) is 22.8 Å². The van der Waals surface area contributed by atoms with Gasteiger partial charge in [-0.3, -0.25) is 24.1 Å². The smallest absolute Gasteiger partial charge is 0.326 e. The summed E-state index contributed by atoms with van der Waals surface area (Å²) >= 11 is 0. The van der Waals surface area contributed by atoms with Crippen LogP contribution in [0.2, 0.25) is 0 Å². The van der Waals surface area contributed by atoms with E-state index >= 15 is 0 Å². The summed E-state index contributed by atoms with van der Waals surface area (Å²) in [5.41, 5.74) is 5.83. The molecule has 0 spiro atoms. The van der Waals surface area contributed by atoms with Crippen molar-refractivity contribution in [1.29, 1.82) is 0 Å². The molecule has 0 saturated carbocycles. The molecular formula is C19H35N3O8S. The van der Waals surface area contributed by atoms with Crippen LogP contribution in [0.4, 0.5) is 0 Å². The van der Waals surface area contributed by atoms with Crippen molar-refractivity contribution < 1.29 is 36.7 Å². The quantitative estimate of drug-likeness (QED) is 0.133. The van der Waals surface area contributed by atoms with Gasteiger partial charge in [0.2, 0.25) is 11.8 Å². The maximum atomic E-state index is 13.7. The van der Waals surface area contributed by atoms with Crippen LogP contribution in [0.15, 0.2) is 0 Å². The van der Waals surface area contributed by atoms with Gasteiger partial charge in [-0.05, 0) is 25.2 Å². The van der Waals surface area contributed by atoms with Gasteiger partial charge in [-0.2, -0.15) is 8.42 Å². The minimum atomic E-state index is -4.88. The number of carbonyl (C=O) groups excluding carboxylic acids is 3. The molecule has 11 nitrogen and oxygen atoms in total. The summed E-state index contributed by atoms with van der Waals surface area (Å²) in [6, 6.07) is -0.921. The number of hydroxylamine groups is 1. The molecule has 180 valence electrons. The Balaban J connectivity index is 3.36. The van der Waals surface area contributed by atoms with Gasteiger partial charge in [-0.25, -0.2) is 9.66 Å². The lowest BCUT2D eigenvalue weighted by molar-refractivity contribution is -0.150. The minimum Gasteiger partial charge on any atom is -0.326 e. The average Bonchev–Trinajstić information content (AvgIpc) is 3.14. The Kier molecular flexibility index (Phi) is 10.5. The second kappa shape index (κ2) is 11.9. The van der Waals surface area contributed by atoms with E-state index in [0.29, 0.717) is 19.3 Å². The van der Waals surface area contributed by atoms with Crippen LogP contribution < -0.4 is 11.2 Å². The molecule has 1 rings (SSSR count). The highest BCUT2D eigenvalue weighted by Gasteiger charge is 2.53. The van der Waals surface area contributed by atoms with Crippen LogP contribution in [-0.2, 0) is 29.0 Å². The molecule has 1 saturated heterocycles. The largest absolute Gasteiger partial charge is 0.397 e. The number of hydrogen-bond donors (Lipinski definition) is 4. The molecule has 0 radical (unpaired) electrons. The van der Waals surface area contributed by atoms with Crippen molar-refractivity contribution >= 4 is 28.0 Å². The van der Waals surface area contributed by atoms with Crippen LogP contribution in [0.25, 0.3) is 0 Å². The summed E-state index contributed by atoms with van der Waals surface area (Å²) in [6.07, 6.45) is 2.78. The molecule has 1 heterocycles. The molecule has 31 heavy (non-hydrogen) atoms. The molecule has 1 aliphatic rings. The number of carbonyl (C=O) groups is 3. The number of rotatable bonds is 13. The average molecular weight is 466 g/mol. The molecule has 0 aromatic carbocycles. The highest BCUT2D eigenvalue weighted by molar-refractivity contribution is 7.80. The standard InChI is InChI=1S/C19H35N3O8S/c1-4-5-6-8-14(11-15(23)21-26)17(24)19(12-30-31(27,28)29)9-7-10-22(19)18(25)16(20)13(2)3/h13-14,16,26H,4-12,20H2,1-3H3,(H,21,23)(H,27,28,29)/t14?,16-,19-/m0/s1. The number of Topliss-reactive ketones (excluding diaryl/α,β-unsaturated/α-hetero) is 1. The Bertz CT molecular complexity index is 742. The van der Waals surface area contributed by atoms with Gasteiger partial charge in [-0.1, -0.05) is 40.0 Å². The normalized spacial score (nSPS) is 21.2. The Labute approximate surface area is 183 Å². The monoisotopic (exact) mass is 465 g/mol. The molecule has 0 aromatic rings. The van der Waals surface area contributed by atoms with Crippen LogP contribution in [-0.4, -0.2) is 65.4 Å². The van der Waals surface area contributed by atoms with Gasteiger partial charge in [0.05, 0.1) is 12.6 Å². The fourth-order valence-corrected chi connectivity index (χ4v) is 4.27. The van der Waals surface area contributed by atoms with Crippen LogP contribution in [0.1, 0.15) is 65.7 Å². The number of nitrogens with zero attached hydrogens (tertiary/aromatic N) is 1. The van der Waals surface area contributed by atoms with Crippen LogP contribution in [0.3, 0.4) is 0 Å². The molecule has 12 heteroatoms. The van der Waals surface area contributed by atoms with E-state index in [1.165, 1.54) is 10.4 Å². The van der Waals surface area contributed by atoms with Crippen molar-refractivity contribution in [2.24, 2.45) is 17.6 Å². The van der Waals surface area contributed by atoms with E-state index in [1.54, 1.807) is 13.8 Å². The highest BCUT2D eigenvalue weighted by atomic mass is 32.3. The van der Waals surface area contributed by atoms with Gasteiger partial charge < -0.3 is 10.6 Å². The maximum Gasteiger partial charge on any atom is 0.397 e. The zero-order valence-electron chi connectivity index (χ0n) is 18.4. The van der Waals surface area contributed by atoms with Crippen LogP contribution in [0, 0.1) is 11.8 Å². The van der Waals surface area contributed by atoms with Gasteiger partial charge >= 0.3 is 10.4 Å². The van der Waals surface area contributed by atoms with Crippen molar-refractivity contribution in [2.75, 3.05) is 13.2 Å². The molecule has 1 fully saturated rings. The van der Waals surface area contributed by atoms with Crippen LogP contribution >= 0.6 is 0 Å². The predicted octanol–water partition coefficient (Wildman–Crippen LogP) is 0.811. The van der Waals surface area contributed by atoms with Crippen molar-refractivity contribution in [3.8, 4) is 0 Å². The summed E-state index contributed by atoms with van der Waals surface area (Å²) in [5, 5.41) is 8.92. The van der Waals surface area contributed by atoms with E-state index in [0.717, 1.165) is 12.8 Å². The molecule has 0 bridgehead atoms. The van der Waals surface area contributed by atoms with Gasteiger partial charge in [-0.15, -0.1) is 0 Å². The van der Waals surface area contributed by atoms with Gasteiger partial charge in [0.1, 0.15) is 5.54 Å². The Morgan fingerprint density at radius 2 is 1.90 bits per heavy atom. The van der Waals surface area contributed by atoms with Gasteiger partial charge in [0, 0.05) is 18.9 Å². The van der Waals surface area contributed by atoms with Gasteiger partial charge in [0.25, 0.3) is 0 Å². The SMILES string of the molecule is CCCCCC(CC(=O)NO)C(=O)[C@@]1(COS(=O)(=O)O)CCCN1C(=O)[C@@H](N)C(C)C. The number of unbranched alkanes of at least 4 members (excludes halogenated alkanes) is 2. The second-order valence-electron chi connectivity index (χ2n) is 8.38. The Morgan fingerprint density at radius 3 is 2.42 bits per heavy atom. The first kappa shape index (κ1) is 27.4. The van der Waals surface area contributed by atoms with E-state index in [2.05, 4.69) is 4.18 Å². The lowest BCUT2D eigenvalue weighted by Crippen LogP contribution is -2.62. The maximum absolute atomic E-state index is 13.7. The summed E-state index contributed by atoms with van der Waals surface area (Å²) in [7, 11) is -4.88. The lowest BCUT2D eigenvalue weighted by atomic mass is 9.79. The first-order valence-electron chi connectivity index (χ1n) is 10.6. The van der Waals surface area contributed by atoms with Crippen molar-refractivity contribution in [1.82, 2.24) is 10.4 Å². The molecule has 1 unspecified atom stereocenters. The van der Waals surface area contributed by atoms with E-state index in [4.69, 9.17) is 15.5 Å². The Hall–Kier alpha value is -1.60. The zero-order chi connectivity index (χ0) is 23.8. The number of ketones is 1. The third-order valence-corrected chi connectivity index (χ3v) is 6.16. The zero-order valence-corrected chi connectivity index (χ0v) is 19.2. The summed E-state index contributed by atoms with van der Waals surface area (Å²) < 4.78 is 36.2. The van der Waals surface area contributed by atoms with Crippen molar-refractivity contribution in [3.05, 3.63) is 0 Å². The third-order valence-electron chi connectivity index (χ3n) is 5.75. The first-order chi connectivity index (χ1) is 14.4. The fourth-order valence-electron chi connectivity index (χ4n) is 3.93. The summed E-state index contributed by atoms with van der Waals surface area (Å²) in [5.74, 6) is -2.96. The fraction of sp³-hybridized carbons (Fsp3) is 0.842. The second-order valence-corrected chi connectivity index (χ2v) is 9.47. The number of likely N-dealkylation sites (tertiary alicyclic amines) is 1. The first-order valence-corrected chi connectivity index (χ1v) is 11.9. The number of nitrogens with two attached hydrogens (primary N) is 1. The molecule has 5 N–H and O–H groups in total. The van der Waals surface area contributed by atoms with Crippen molar-refractivity contribution in [2.45, 2.75) is 77.3 Å². The lowest BCUT2D eigenvalue weighted by Gasteiger charge is -2.40. The number of amides is 2. The van der Waals surface area contributed by atoms with Crippen LogP contribution in [0.5, 0.6) is 0 Å². The predicted molar refractivity (Wildman–Crippen MR) is 111 cm³/mol. The Morgan fingerprint density at radius 1 is 1.26 bits per heavy atom. The molecular weight excluding hydrogens is 430 g/mol. The van der Waals surface area contributed by atoms with Crippen molar-refractivity contribution in [3.63, 3.8) is 0 Å². The molecule has 0 aliphatic carbocycles. The topological polar surface area (TPSA) is 176 Å². The number of hydrogen-bond acceptors (Lipinski definition) is 8. The molecule has 3 atom stereocenters. The van der Waals surface area contributed by atoms with Gasteiger partial charge in [0.15, 0.2) is 5.78 Å². The molecule has 2 amide bonds. The molecule has 0 aromatic heterocycles. The summed E-state index contributed by atoms with van der Waals surface area (Å²) in [4.78, 5) is 39.8. The van der Waals surface area contributed by atoms with E-state index in [1.807, 2.05) is 6.92 Å². The van der Waals surface area contributed by atoms with E-state index < -0.39 is 52.1 Å². The highest BCUT2D eigenvalue weighted by Crippen LogP contribution is 2.36. The van der Waals surface area contributed by atoms with E-state index in [-0.39, 0.29) is 25.3 Å².